The first-order valence-corrected chi connectivity index (χ1v) is 13.4. The molecule has 0 radical (unpaired) electrons. The molecule has 0 heterocycles. The van der Waals surface area contributed by atoms with Crippen molar-refractivity contribution in [3.8, 4) is 0 Å². The maximum Gasteiger partial charge on any atom is 0.0317 e. The third-order valence-corrected chi connectivity index (χ3v) is 6.56. The molecule has 2 N–H and O–H groups in total. The number of aryl methyl sites for hydroxylation is 3. The summed E-state index contributed by atoms with van der Waals surface area (Å²) in [6, 6.07) is 24.6. The van der Waals surface area contributed by atoms with Crippen LogP contribution in [0.25, 0.3) is 11.6 Å². The Morgan fingerprint density at radius 3 is 1.79 bits per heavy atom. The van der Waals surface area contributed by atoms with Crippen LogP contribution in [0.2, 0.25) is 0 Å². The Kier molecular flexibility index (Phi) is 14.0. The summed E-state index contributed by atoms with van der Waals surface area (Å²) in [4.78, 5) is 0.983. The van der Waals surface area contributed by atoms with Crippen LogP contribution in [0.5, 0.6) is 0 Å². The van der Waals surface area contributed by atoms with Gasteiger partial charge >= 0.3 is 0 Å². The fourth-order valence-corrected chi connectivity index (χ4v) is 3.84. The van der Waals surface area contributed by atoms with Gasteiger partial charge in [0, 0.05) is 11.6 Å². The number of anilines is 1. The molecule has 1 atom stereocenters. The van der Waals surface area contributed by atoms with Crippen LogP contribution in [0, 0.1) is 26.7 Å². The van der Waals surface area contributed by atoms with Crippen LogP contribution in [-0.2, 0) is 0 Å². The van der Waals surface area contributed by atoms with Crippen LogP contribution in [0.1, 0.15) is 62.4 Å². The Hall–Kier alpha value is -3.49. The van der Waals surface area contributed by atoms with Crippen molar-refractivity contribution in [2.45, 2.75) is 55.4 Å². The third kappa shape index (κ3) is 11.3. The molecular formula is C36H45NS. The highest BCUT2D eigenvalue weighted by Gasteiger charge is 2.14. The van der Waals surface area contributed by atoms with E-state index >= 15 is 0 Å². The Morgan fingerprint density at radius 1 is 0.842 bits per heavy atom. The fourth-order valence-electron chi connectivity index (χ4n) is 3.71. The fraction of sp³-hybridized carbons (Fsp3) is 0.250. The molecule has 3 aromatic rings. The molecule has 2 heteroatoms. The summed E-state index contributed by atoms with van der Waals surface area (Å²) in [5.41, 5.74) is 17.6. The molecule has 3 aromatic carbocycles. The van der Waals surface area contributed by atoms with Crippen molar-refractivity contribution in [1.29, 1.82) is 0 Å². The highest BCUT2D eigenvalue weighted by Crippen LogP contribution is 2.30. The van der Waals surface area contributed by atoms with Crippen LogP contribution in [-0.4, -0.2) is 4.86 Å². The van der Waals surface area contributed by atoms with Crippen LogP contribution in [0.4, 0.5) is 5.69 Å². The smallest absolute Gasteiger partial charge is 0.0317 e. The molecule has 3 rings (SSSR count). The SMILES string of the molecule is C=C(C)/C(=C/C(=C(C)C)c1ccc(N)cc1C)C(C)C(C)=S.C=Cc1ccc(C)cc1.Cc1ccccc1. The van der Waals surface area contributed by atoms with Gasteiger partial charge in [0.25, 0.3) is 0 Å². The molecule has 0 saturated heterocycles. The average Bonchev–Trinajstić information content (AvgIpc) is 2.86. The van der Waals surface area contributed by atoms with Crippen LogP contribution in [0.15, 0.2) is 109 Å². The zero-order valence-corrected chi connectivity index (χ0v) is 25.4. The molecule has 0 saturated carbocycles. The van der Waals surface area contributed by atoms with E-state index in [9.17, 15) is 0 Å². The van der Waals surface area contributed by atoms with E-state index in [4.69, 9.17) is 18.0 Å². The Balaban J connectivity index is 0.000000363. The van der Waals surface area contributed by atoms with Gasteiger partial charge < -0.3 is 5.73 Å². The lowest BCUT2D eigenvalue weighted by Gasteiger charge is -2.18. The molecule has 0 aliphatic heterocycles. The van der Waals surface area contributed by atoms with E-state index in [1.807, 2.05) is 50.3 Å². The standard InChI is InChI=1S/C20H27NS.C9H10.C7H8/c1-12(2)19(15(6)16(7)22)11-20(13(3)4)18-9-8-17(21)10-14(18)5;1-3-9-6-4-8(2)5-7-9;1-7-5-3-2-4-6-7/h8-11,15H,1,21H2,2-7H3;3-7H,1H2,2H3;2-6H,1H3/b19-11-;;. The number of hydrogen-bond donors (Lipinski definition) is 1. The maximum atomic E-state index is 5.88. The molecule has 0 spiro atoms. The average molecular weight is 524 g/mol. The van der Waals surface area contributed by atoms with E-state index in [1.54, 1.807) is 0 Å². The van der Waals surface area contributed by atoms with Gasteiger partial charge in [0.15, 0.2) is 0 Å². The highest BCUT2D eigenvalue weighted by atomic mass is 32.1. The lowest BCUT2D eigenvalue weighted by atomic mass is 9.87. The Morgan fingerprint density at radius 2 is 1.39 bits per heavy atom. The predicted octanol–water partition coefficient (Wildman–Crippen LogP) is 10.5. The minimum absolute atomic E-state index is 0.218. The van der Waals surface area contributed by atoms with Crippen LogP contribution in [0.3, 0.4) is 0 Å². The van der Waals surface area contributed by atoms with E-state index in [-0.39, 0.29) is 5.92 Å². The molecule has 0 amide bonds. The number of allylic oxidation sites excluding steroid dienone is 5. The third-order valence-electron chi connectivity index (χ3n) is 6.20. The first-order chi connectivity index (χ1) is 17.9. The zero-order chi connectivity index (χ0) is 28.8. The predicted molar refractivity (Wildman–Crippen MR) is 177 cm³/mol. The number of thiocarbonyl (C=S) groups is 1. The van der Waals surface area contributed by atoms with Gasteiger partial charge in [-0.1, -0.05) is 127 Å². The number of rotatable bonds is 6. The van der Waals surface area contributed by atoms with Crippen molar-refractivity contribution >= 4 is 34.4 Å². The quantitative estimate of drug-likeness (QED) is 0.197. The second-order valence-electron chi connectivity index (χ2n) is 9.97. The number of hydrogen-bond acceptors (Lipinski definition) is 2. The maximum absolute atomic E-state index is 5.88. The van der Waals surface area contributed by atoms with Gasteiger partial charge in [-0.2, -0.15) is 0 Å². The number of benzene rings is 3. The first kappa shape index (κ1) is 32.5. The molecule has 1 unspecified atom stereocenters. The zero-order valence-electron chi connectivity index (χ0n) is 24.6. The van der Waals surface area contributed by atoms with Gasteiger partial charge in [-0.3, -0.25) is 0 Å². The van der Waals surface area contributed by atoms with E-state index in [0.29, 0.717) is 0 Å². The molecule has 0 aliphatic rings. The highest BCUT2D eigenvalue weighted by molar-refractivity contribution is 7.80. The van der Waals surface area contributed by atoms with Gasteiger partial charge in [0.05, 0.1) is 0 Å². The van der Waals surface area contributed by atoms with Gasteiger partial charge in [0.2, 0.25) is 0 Å². The minimum Gasteiger partial charge on any atom is -0.399 e. The molecule has 0 aliphatic carbocycles. The lowest BCUT2D eigenvalue weighted by Crippen LogP contribution is -2.09. The second kappa shape index (κ2) is 16.4. The molecular weight excluding hydrogens is 478 g/mol. The molecule has 0 bridgehead atoms. The first-order valence-electron chi connectivity index (χ1n) is 13.0. The molecule has 200 valence electrons. The summed E-state index contributed by atoms with van der Waals surface area (Å²) in [6.07, 6.45) is 4.08. The molecule has 38 heavy (non-hydrogen) atoms. The summed E-state index contributed by atoms with van der Waals surface area (Å²) < 4.78 is 0. The number of nitrogens with two attached hydrogens (primary N) is 1. The van der Waals surface area contributed by atoms with Gasteiger partial charge in [-0.05, 0) is 93.3 Å². The van der Waals surface area contributed by atoms with E-state index < -0.39 is 0 Å². The molecule has 0 aromatic heterocycles. The summed E-state index contributed by atoms with van der Waals surface area (Å²) in [7, 11) is 0. The van der Waals surface area contributed by atoms with Crippen molar-refractivity contribution in [2.24, 2.45) is 5.92 Å². The van der Waals surface area contributed by atoms with E-state index in [2.05, 4.69) is 103 Å². The van der Waals surface area contributed by atoms with Gasteiger partial charge in [-0.15, -0.1) is 0 Å². The molecule has 1 nitrogen and oxygen atoms in total. The van der Waals surface area contributed by atoms with E-state index in [0.717, 1.165) is 16.1 Å². The van der Waals surface area contributed by atoms with Gasteiger partial charge in [-0.25, -0.2) is 0 Å². The monoisotopic (exact) mass is 523 g/mol. The lowest BCUT2D eigenvalue weighted by molar-refractivity contribution is 0.935. The normalized spacial score (nSPS) is 11.1. The van der Waals surface area contributed by atoms with Crippen molar-refractivity contribution < 1.29 is 0 Å². The van der Waals surface area contributed by atoms with Crippen LogP contribution < -0.4 is 5.73 Å². The van der Waals surface area contributed by atoms with Crippen molar-refractivity contribution in [2.75, 3.05) is 5.73 Å². The molecule has 0 fully saturated rings. The number of nitrogen functional groups attached to an aromatic ring is 1. The largest absolute Gasteiger partial charge is 0.399 e. The Bertz CT molecular complexity index is 1270. The summed E-state index contributed by atoms with van der Waals surface area (Å²) in [5, 5.41) is 0. The van der Waals surface area contributed by atoms with Crippen molar-refractivity contribution in [1.82, 2.24) is 0 Å². The van der Waals surface area contributed by atoms with Crippen molar-refractivity contribution in [3.63, 3.8) is 0 Å². The Labute approximate surface area is 237 Å². The van der Waals surface area contributed by atoms with Gasteiger partial charge in [0.1, 0.15) is 0 Å². The summed E-state index contributed by atoms with van der Waals surface area (Å²) in [5.74, 6) is 0.218. The summed E-state index contributed by atoms with van der Waals surface area (Å²) in [6.45, 7) is 24.5. The topological polar surface area (TPSA) is 26.0 Å². The van der Waals surface area contributed by atoms with Crippen molar-refractivity contribution in [3.05, 3.63) is 137 Å². The van der Waals surface area contributed by atoms with Crippen LogP contribution >= 0.6 is 12.2 Å². The minimum atomic E-state index is 0.218. The second-order valence-corrected chi connectivity index (χ2v) is 10.6. The van der Waals surface area contributed by atoms with E-state index in [1.165, 1.54) is 44.5 Å². The summed E-state index contributed by atoms with van der Waals surface area (Å²) >= 11 is 5.38.